The fraction of sp³-hybridized carbons (Fsp3) is 0.314. The van der Waals surface area contributed by atoms with E-state index in [2.05, 4.69) is 117 Å². The molecule has 0 aromatic heterocycles. The van der Waals surface area contributed by atoms with Crippen molar-refractivity contribution < 1.29 is 0 Å². The maximum atomic E-state index is 3.62. The zero-order chi connectivity index (χ0) is 26.3. The molecule has 0 fully saturated rings. The molecule has 0 atom stereocenters. The molecule has 4 aromatic rings. The predicted octanol–water partition coefficient (Wildman–Crippen LogP) is 5.86. The Hall–Kier alpha value is -3.44. The van der Waals surface area contributed by atoms with Crippen molar-refractivity contribution in [2.24, 2.45) is 0 Å². The summed E-state index contributed by atoms with van der Waals surface area (Å²) in [5.74, 6) is 0. The predicted molar refractivity (Wildman–Crippen MR) is 163 cm³/mol. The molecule has 2 heterocycles. The van der Waals surface area contributed by atoms with Crippen LogP contribution in [0.2, 0.25) is 0 Å². The highest BCUT2D eigenvalue weighted by Crippen LogP contribution is 2.40. The van der Waals surface area contributed by atoms with Crippen LogP contribution in [0.4, 0.5) is 11.4 Å². The largest absolute Gasteiger partial charge is 0.327 e. The molecule has 6 rings (SSSR count). The second-order valence-corrected chi connectivity index (χ2v) is 11.0. The van der Waals surface area contributed by atoms with Crippen LogP contribution in [-0.2, 0) is 38.8 Å². The summed E-state index contributed by atoms with van der Waals surface area (Å²) in [7, 11) is 0. The lowest BCUT2D eigenvalue weighted by Crippen LogP contribution is -2.43. The third kappa shape index (κ3) is 6.59. The maximum Gasteiger partial charge on any atom is 0.0762 e. The molecule has 2 aliphatic heterocycles. The van der Waals surface area contributed by atoms with Crippen molar-refractivity contribution in [2.45, 2.75) is 38.8 Å². The van der Waals surface area contributed by atoms with Crippen molar-refractivity contribution in [3.63, 3.8) is 0 Å². The minimum Gasteiger partial charge on any atom is -0.327 e. The summed E-state index contributed by atoms with van der Waals surface area (Å²) in [6.45, 7) is 7.15. The summed E-state index contributed by atoms with van der Waals surface area (Å²) >= 11 is 0. The second-order valence-electron chi connectivity index (χ2n) is 11.0. The normalized spacial score (nSPS) is 14.2. The Morgan fingerprint density at radius 1 is 0.487 bits per heavy atom. The first kappa shape index (κ1) is 25.8. The molecule has 4 nitrogen and oxygen atoms in total. The monoisotopic (exact) mass is 516 g/mol. The zero-order valence-corrected chi connectivity index (χ0v) is 22.9. The number of nitrogens with zero attached hydrogens (tertiary/aromatic N) is 2. The molecule has 2 bridgehead atoms. The quantitative estimate of drug-likeness (QED) is 0.231. The Morgan fingerprint density at radius 3 is 1.38 bits per heavy atom. The van der Waals surface area contributed by atoms with E-state index in [1.54, 1.807) is 0 Å². The van der Waals surface area contributed by atoms with Gasteiger partial charge in [0.25, 0.3) is 0 Å². The summed E-state index contributed by atoms with van der Waals surface area (Å²) in [5, 5.41) is 7.25. The van der Waals surface area contributed by atoms with Crippen LogP contribution < -0.4 is 15.5 Å². The van der Waals surface area contributed by atoms with E-state index in [-0.39, 0.29) is 0 Å². The molecule has 0 amide bonds. The molecule has 39 heavy (non-hydrogen) atoms. The van der Waals surface area contributed by atoms with Gasteiger partial charge in [0.05, 0.1) is 6.67 Å². The second kappa shape index (κ2) is 12.6. The van der Waals surface area contributed by atoms with E-state index in [0.717, 1.165) is 71.6 Å². The van der Waals surface area contributed by atoms with Gasteiger partial charge in [0.1, 0.15) is 0 Å². The lowest BCUT2D eigenvalue weighted by molar-refractivity contribution is 0.241. The van der Waals surface area contributed by atoms with Crippen molar-refractivity contribution in [3.05, 3.63) is 130 Å². The van der Waals surface area contributed by atoms with Gasteiger partial charge in [-0.2, -0.15) is 0 Å². The first-order valence-electron chi connectivity index (χ1n) is 14.5. The molecule has 200 valence electrons. The molecule has 0 unspecified atom stereocenters. The first-order chi connectivity index (χ1) is 19.3. The summed E-state index contributed by atoms with van der Waals surface area (Å²) < 4.78 is 0. The van der Waals surface area contributed by atoms with Crippen molar-refractivity contribution in [2.75, 3.05) is 37.7 Å². The molecule has 4 heteroatoms. The van der Waals surface area contributed by atoms with E-state index in [1.165, 1.54) is 44.8 Å². The lowest BCUT2D eigenvalue weighted by Gasteiger charge is -2.44. The summed E-state index contributed by atoms with van der Waals surface area (Å²) in [4.78, 5) is 5.09. The Morgan fingerprint density at radius 2 is 0.923 bits per heavy atom. The van der Waals surface area contributed by atoms with Crippen LogP contribution in [0.15, 0.2) is 97.1 Å². The van der Waals surface area contributed by atoms with Gasteiger partial charge < -0.3 is 15.5 Å². The average Bonchev–Trinajstić information content (AvgIpc) is 2.97. The summed E-state index contributed by atoms with van der Waals surface area (Å²) in [6, 6.07) is 35.7. The van der Waals surface area contributed by atoms with Crippen LogP contribution in [0.5, 0.6) is 0 Å². The van der Waals surface area contributed by atoms with Gasteiger partial charge in [0.15, 0.2) is 0 Å². The molecule has 4 aromatic carbocycles. The molecule has 0 spiro atoms. The summed E-state index contributed by atoms with van der Waals surface area (Å²) in [6.07, 6.45) is 4.31. The van der Waals surface area contributed by atoms with Crippen molar-refractivity contribution in [3.8, 4) is 0 Å². The van der Waals surface area contributed by atoms with Crippen molar-refractivity contribution >= 4 is 11.4 Å². The van der Waals surface area contributed by atoms with Gasteiger partial charge in [-0.3, -0.25) is 4.90 Å². The number of hydrogen-bond acceptors (Lipinski definition) is 4. The highest BCUT2D eigenvalue weighted by molar-refractivity contribution is 5.72. The Bertz CT molecular complexity index is 1250. The summed E-state index contributed by atoms with van der Waals surface area (Å²) in [5.41, 5.74) is 11.3. The average molecular weight is 517 g/mol. The lowest BCUT2D eigenvalue weighted by atomic mass is 9.97. The number of anilines is 2. The number of benzene rings is 4. The smallest absolute Gasteiger partial charge is 0.0762 e. The van der Waals surface area contributed by atoms with Crippen molar-refractivity contribution in [1.29, 1.82) is 0 Å². The Balaban J connectivity index is 1.01. The van der Waals surface area contributed by atoms with Gasteiger partial charge in [0, 0.05) is 24.5 Å². The molecular weight excluding hydrogens is 476 g/mol. The van der Waals surface area contributed by atoms with Gasteiger partial charge >= 0.3 is 0 Å². The van der Waals surface area contributed by atoms with E-state index in [1.807, 2.05) is 0 Å². The fourth-order valence-electron chi connectivity index (χ4n) is 5.96. The van der Waals surface area contributed by atoms with Gasteiger partial charge in [-0.15, -0.1) is 0 Å². The highest BCUT2D eigenvalue weighted by atomic mass is 15.4. The van der Waals surface area contributed by atoms with Crippen LogP contribution in [0.3, 0.4) is 0 Å². The zero-order valence-electron chi connectivity index (χ0n) is 22.9. The molecule has 0 saturated carbocycles. The van der Waals surface area contributed by atoms with E-state index in [0.29, 0.717) is 0 Å². The van der Waals surface area contributed by atoms with Crippen LogP contribution in [-0.4, -0.2) is 37.7 Å². The molecule has 2 N–H and O–H groups in total. The SMILES string of the molecule is c1ccc(CCNCCc2ccc3c(c2)CN2Cc4cc(CCNCCc5ccccc5)ccc4N3C2)cc1. The van der Waals surface area contributed by atoms with Gasteiger partial charge in [-0.25, -0.2) is 0 Å². The van der Waals surface area contributed by atoms with E-state index >= 15 is 0 Å². The van der Waals surface area contributed by atoms with Crippen LogP contribution in [0, 0.1) is 0 Å². The first-order valence-corrected chi connectivity index (χ1v) is 14.5. The van der Waals surface area contributed by atoms with Crippen molar-refractivity contribution in [1.82, 2.24) is 15.5 Å². The number of fused-ring (bicyclic) bond motifs is 6. The van der Waals surface area contributed by atoms with Gasteiger partial charge in [-0.1, -0.05) is 84.9 Å². The van der Waals surface area contributed by atoms with E-state index in [9.17, 15) is 0 Å². The standard InChI is InChI=1S/C35H40N4/c1-3-7-28(8-4-1)15-19-36-21-17-30-11-13-34-32(23-30)25-38-26-33-24-31(12-14-35(33)39(34)27-38)18-22-37-20-16-29-9-5-2-6-10-29/h1-14,23-24,36-37H,15-22,25-27H2. The molecule has 0 aliphatic carbocycles. The highest BCUT2D eigenvalue weighted by Gasteiger charge is 2.30. The minimum absolute atomic E-state index is 0.987. The molecule has 0 radical (unpaired) electrons. The van der Waals surface area contributed by atoms with Crippen LogP contribution in [0.25, 0.3) is 0 Å². The fourth-order valence-corrected chi connectivity index (χ4v) is 5.96. The topological polar surface area (TPSA) is 30.5 Å². The Labute approximate surface area is 233 Å². The van der Waals surface area contributed by atoms with Crippen LogP contribution in [0.1, 0.15) is 33.4 Å². The number of hydrogen-bond donors (Lipinski definition) is 2. The molecule has 0 saturated heterocycles. The minimum atomic E-state index is 0.987. The van der Waals surface area contributed by atoms with Gasteiger partial charge in [-0.05, 0) is 97.4 Å². The Kier molecular flexibility index (Phi) is 8.35. The molecular formula is C35H40N4. The van der Waals surface area contributed by atoms with E-state index in [4.69, 9.17) is 0 Å². The number of rotatable bonds is 12. The van der Waals surface area contributed by atoms with E-state index < -0.39 is 0 Å². The van der Waals surface area contributed by atoms with Crippen LogP contribution >= 0.6 is 0 Å². The third-order valence-electron chi connectivity index (χ3n) is 8.05. The number of nitrogens with one attached hydrogen (secondary N) is 2. The van der Waals surface area contributed by atoms with Gasteiger partial charge in [0.2, 0.25) is 0 Å². The third-order valence-corrected chi connectivity index (χ3v) is 8.05. The maximum absolute atomic E-state index is 3.62. The molecule has 2 aliphatic rings.